The normalized spacial score (nSPS) is 10.6. The van der Waals surface area contributed by atoms with Crippen LogP contribution in [0.2, 0.25) is 5.02 Å². The first kappa shape index (κ1) is 13.3. The third-order valence-electron chi connectivity index (χ3n) is 2.14. The number of thiophene rings is 1. The van der Waals surface area contributed by atoms with Crippen LogP contribution in [0.1, 0.15) is 20.1 Å². The Morgan fingerprint density at radius 1 is 1.24 bits per heavy atom. The molecule has 1 aromatic heterocycles. The SMILES string of the molecule is Cc1cc(Br)c(C(=O)c2cc(Cl)cc(Br)c2)s1. The van der Waals surface area contributed by atoms with E-state index in [0.29, 0.717) is 15.5 Å². The van der Waals surface area contributed by atoms with Crippen LogP contribution < -0.4 is 0 Å². The van der Waals surface area contributed by atoms with Crippen molar-refractivity contribution in [3.63, 3.8) is 0 Å². The van der Waals surface area contributed by atoms with E-state index in [1.54, 1.807) is 18.2 Å². The quantitative estimate of drug-likeness (QED) is 0.618. The van der Waals surface area contributed by atoms with E-state index < -0.39 is 0 Å². The zero-order valence-electron chi connectivity index (χ0n) is 8.76. The van der Waals surface area contributed by atoms with Crippen molar-refractivity contribution >= 4 is 60.6 Å². The maximum absolute atomic E-state index is 12.3. The topological polar surface area (TPSA) is 17.1 Å². The van der Waals surface area contributed by atoms with Gasteiger partial charge in [-0.2, -0.15) is 0 Å². The molecule has 5 heteroatoms. The van der Waals surface area contributed by atoms with Crippen LogP contribution >= 0.6 is 54.8 Å². The van der Waals surface area contributed by atoms with Crippen LogP contribution in [0.4, 0.5) is 0 Å². The fraction of sp³-hybridized carbons (Fsp3) is 0.0833. The van der Waals surface area contributed by atoms with E-state index in [4.69, 9.17) is 11.6 Å². The number of rotatable bonds is 2. The first-order chi connectivity index (χ1) is 7.97. The van der Waals surface area contributed by atoms with E-state index in [1.165, 1.54) is 11.3 Å². The summed E-state index contributed by atoms with van der Waals surface area (Å²) in [4.78, 5) is 14.1. The second-order valence-corrected chi connectivity index (χ2v) is 6.98. The summed E-state index contributed by atoms with van der Waals surface area (Å²) in [7, 11) is 0. The summed E-state index contributed by atoms with van der Waals surface area (Å²) in [5.74, 6) is -0.0156. The fourth-order valence-corrected chi connectivity index (χ4v) is 4.10. The first-order valence-corrected chi connectivity index (χ1v) is 7.52. The highest BCUT2D eigenvalue weighted by Crippen LogP contribution is 2.30. The Kier molecular flexibility index (Phi) is 4.08. The number of hydrogen-bond donors (Lipinski definition) is 0. The predicted molar refractivity (Wildman–Crippen MR) is 79.3 cm³/mol. The molecule has 2 rings (SSSR count). The summed E-state index contributed by atoms with van der Waals surface area (Å²) in [6.45, 7) is 1.97. The van der Waals surface area contributed by atoms with E-state index in [1.807, 2.05) is 13.0 Å². The number of carbonyl (C=O) groups is 1. The highest BCUT2D eigenvalue weighted by Gasteiger charge is 2.16. The molecule has 0 aliphatic carbocycles. The number of ketones is 1. The molecule has 0 saturated carbocycles. The van der Waals surface area contributed by atoms with Crippen molar-refractivity contribution in [3.8, 4) is 0 Å². The van der Waals surface area contributed by atoms with E-state index in [9.17, 15) is 4.79 Å². The summed E-state index contributed by atoms with van der Waals surface area (Å²) in [6.07, 6.45) is 0. The predicted octanol–water partition coefficient (Wildman–Crippen LogP) is 5.47. The maximum atomic E-state index is 12.3. The van der Waals surface area contributed by atoms with Crippen LogP contribution in [0, 0.1) is 6.92 Å². The zero-order valence-corrected chi connectivity index (χ0v) is 13.5. The van der Waals surface area contributed by atoms with E-state index >= 15 is 0 Å². The van der Waals surface area contributed by atoms with Gasteiger partial charge in [-0.15, -0.1) is 11.3 Å². The molecule has 0 radical (unpaired) electrons. The average molecular weight is 395 g/mol. The van der Waals surface area contributed by atoms with E-state index in [2.05, 4.69) is 31.9 Å². The minimum Gasteiger partial charge on any atom is -0.288 e. The van der Waals surface area contributed by atoms with Gasteiger partial charge in [0, 0.05) is 24.4 Å². The van der Waals surface area contributed by atoms with Gasteiger partial charge in [0.05, 0.1) is 4.88 Å². The molecule has 0 amide bonds. The lowest BCUT2D eigenvalue weighted by atomic mass is 10.1. The second-order valence-electron chi connectivity index (χ2n) is 3.52. The molecule has 0 atom stereocenters. The molecule has 0 saturated heterocycles. The molecule has 88 valence electrons. The molecule has 1 heterocycles. The third kappa shape index (κ3) is 2.99. The second kappa shape index (κ2) is 5.22. The van der Waals surface area contributed by atoms with Gasteiger partial charge in [0.25, 0.3) is 0 Å². The van der Waals surface area contributed by atoms with Crippen molar-refractivity contribution in [1.29, 1.82) is 0 Å². The minimum atomic E-state index is -0.0156. The molecule has 0 spiro atoms. The van der Waals surface area contributed by atoms with Crippen LogP contribution in [-0.4, -0.2) is 5.78 Å². The highest BCUT2D eigenvalue weighted by molar-refractivity contribution is 9.10. The maximum Gasteiger partial charge on any atom is 0.204 e. The van der Waals surface area contributed by atoms with Crippen molar-refractivity contribution in [2.45, 2.75) is 6.92 Å². The summed E-state index contributed by atoms with van der Waals surface area (Å²) in [5, 5.41) is 0.548. The van der Waals surface area contributed by atoms with Gasteiger partial charge >= 0.3 is 0 Å². The molecule has 2 aromatic rings. The Balaban J connectivity index is 2.47. The summed E-state index contributed by atoms with van der Waals surface area (Å²) >= 11 is 14.1. The van der Waals surface area contributed by atoms with Crippen LogP contribution in [0.5, 0.6) is 0 Å². The smallest absolute Gasteiger partial charge is 0.204 e. The van der Waals surface area contributed by atoms with Gasteiger partial charge in [-0.05, 0) is 47.1 Å². The molecule has 0 aliphatic rings. The Hall–Kier alpha value is -0.160. The largest absolute Gasteiger partial charge is 0.288 e. The Morgan fingerprint density at radius 3 is 2.47 bits per heavy atom. The number of aryl methyl sites for hydroxylation is 1. The lowest BCUT2D eigenvalue weighted by Gasteiger charge is -2.01. The van der Waals surface area contributed by atoms with Gasteiger partial charge in [0.15, 0.2) is 0 Å². The van der Waals surface area contributed by atoms with Gasteiger partial charge in [0.1, 0.15) is 0 Å². The van der Waals surface area contributed by atoms with Crippen molar-refractivity contribution in [3.05, 3.63) is 53.6 Å². The van der Waals surface area contributed by atoms with Gasteiger partial charge in [-0.3, -0.25) is 4.79 Å². The standard InChI is InChI=1S/C12H7Br2ClOS/c1-6-2-10(14)12(17-6)11(16)7-3-8(13)5-9(15)4-7/h2-5H,1H3. The molecule has 1 aromatic carbocycles. The number of hydrogen-bond acceptors (Lipinski definition) is 2. The molecule has 0 bridgehead atoms. The van der Waals surface area contributed by atoms with Crippen molar-refractivity contribution in [2.24, 2.45) is 0 Å². The molecule has 0 aliphatic heterocycles. The Bertz CT molecular complexity index is 572. The molecular formula is C12H7Br2ClOS. The zero-order chi connectivity index (χ0) is 12.6. The first-order valence-electron chi connectivity index (χ1n) is 4.74. The van der Waals surface area contributed by atoms with Crippen LogP contribution in [-0.2, 0) is 0 Å². The minimum absolute atomic E-state index is 0.0156. The summed E-state index contributed by atoms with van der Waals surface area (Å²) in [5.41, 5.74) is 0.590. The Morgan fingerprint density at radius 2 is 1.94 bits per heavy atom. The van der Waals surface area contributed by atoms with E-state index in [-0.39, 0.29) is 5.78 Å². The molecule has 0 unspecified atom stereocenters. The van der Waals surface area contributed by atoms with Crippen molar-refractivity contribution < 1.29 is 4.79 Å². The number of halogens is 3. The molecule has 1 nitrogen and oxygen atoms in total. The lowest BCUT2D eigenvalue weighted by Crippen LogP contribution is -1.99. The fourth-order valence-electron chi connectivity index (χ4n) is 1.45. The lowest BCUT2D eigenvalue weighted by molar-refractivity contribution is 0.104. The highest BCUT2D eigenvalue weighted by atomic mass is 79.9. The van der Waals surface area contributed by atoms with Crippen molar-refractivity contribution in [2.75, 3.05) is 0 Å². The molecule has 0 N–H and O–H groups in total. The van der Waals surface area contributed by atoms with Crippen molar-refractivity contribution in [1.82, 2.24) is 0 Å². The monoisotopic (exact) mass is 392 g/mol. The van der Waals surface area contributed by atoms with E-state index in [0.717, 1.165) is 13.8 Å². The summed E-state index contributed by atoms with van der Waals surface area (Å²) < 4.78 is 1.64. The molecule has 17 heavy (non-hydrogen) atoms. The van der Waals surface area contributed by atoms with Crippen LogP contribution in [0.25, 0.3) is 0 Å². The summed E-state index contributed by atoms with van der Waals surface area (Å²) in [6, 6.07) is 7.15. The van der Waals surface area contributed by atoms with Gasteiger partial charge in [-0.25, -0.2) is 0 Å². The number of benzene rings is 1. The van der Waals surface area contributed by atoms with Crippen LogP contribution in [0.3, 0.4) is 0 Å². The van der Waals surface area contributed by atoms with Gasteiger partial charge in [-0.1, -0.05) is 27.5 Å². The molecule has 0 fully saturated rings. The molecular weight excluding hydrogens is 387 g/mol. The third-order valence-corrected chi connectivity index (χ3v) is 4.75. The number of carbonyl (C=O) groups excluding carboxylic acids is 1. The average Bonchev–Trinajstić information content (AvgIpc) is 2.55. The van der Waals surface area contributed by atoms with Gasteiger partial charge in [0.2, 0.25) is 5.78 Å². The van der Waals surface area contributed by atoms with Crippen LogP contribution in [0.15, 0.2) is 33.2 Å². The Labute approximate surface area is 125 Å². The van der Waals surface area contributed by atoms with Gasteiger partial charge < -0.3 is 0 Å².